The van der Waals surface area contributed by atoms with Crippen molar-refractivity contribution in [3.63, 3.8) is 0 Å². The molecule has 2 rings (SSSR count). The van der Waals surface area contributed by atoms with Gasteiger partial charge in [0.25, 0.3) is 0 Å². The van der Waals surface area contributed by atoms with Crippen LogP contribution in [0.15, 0.2) is 6.07 Å². The molecule has 0 aliphatic carbocycles. The first-order valence-electron chi connectivity index (χ1n) is 5.21. The molecule has 1 N–H and O–H groups in total. The maximum absolute atomic E-state index is 12.6. The van der Waals surface area contributed by atoms with Gasteiger partial charge >= 0.3 is 6.18 Å². The van der Waals surface area contributed by atoms with Crippen LogP contribution in [0.4, 0.5) is 13.2 Å². The molecule has 0 bridgehead atoms. The highest BCUT2D eigenvalue weighted by molar-refractivity contribution is 5.14. The highest BCUT2D eigenvalue weighted by Crippen LogP contribution is 2.28. The fourth-order valence-corrected chi connectivity index (χ4v) is 1.62. The summed E-state index contributed by atoms with van der Waals surface area (Å²) >= 11 is 0. The van der Waals surface area contributed by atoms with Gasteiger partial charge in [0.05, 0.1) is 19.3 Å². The standard InChI is InChI=1S/C10H12F3N3O/c1-6-4-8(10(11,12)13)16-9(15-6)7-5-17-3-2-14-7/h4,7,14H,2-3,5H2,1H3/t7-/m0/s1. The summed E-state index contributed by atoms with van der Waals surface area (Å²) in [7, 11) is 0. The van der Waals surface area contributed by atoms with Gasteiger partial charge in [-0.2, -0.15) is 13.2 Å². The zero-order valence-electron chi connectivity index (χ0n) is 9.21. The largest absolute Gasteiger partial charge is 0.433 e. The quantitative estimate of drug-likeness (QED) is 0.816. The van der Waals surface area contributed by atoms with E-state index in [4.69, 9.17) is 4.74 Å². The Labute approximate surface area is 96.2 Å². The van der Waals surface area contributed by atoms with E-state index in [1.165, 1.54) is 6.92 Å². The van der Waals surface area contributed by atoms with Crippen molar-refractivity contribution in [2.45, 2.75) is 19.1 Å². The molecule has 1 saturated heterocycles. The Morgan fingerprint density at radius 2 is 2.18 bits per heavy atom. The van der Waals surface area contributed by atoms with Gasteiger partial charge < -0.3 is 10.1 Å². The summed E-state index contributed by atoms with van der Waals surface area (Å²) in [5.41, 5.74) is -0.609. The summed E-state index contributed by atoms with van der Waals surface area (Å²) < 4.78 is 42.9. The SMILES string of the molecule is Cc1cc(C(F)(F)F)nc([C@@H]2COCCN2)n1. The topological polar surface area (TPSA) is 47.0 Å². The van der Waals surface area contributed by atoms with Crippen LogP contribution in [0.5, 0.6) is 0 Å². The Hall–Kier alpha value is -1.21. The van der Waals surface area contributed by atoms with Gasteiger partial charge in [0.2, 0.25) is 0 Å². The van der Waals surface area contributed by atoms with Crippen molar-refractivity contribution in [3.8, 4) is 0 Å². The van der Waals surface area contributed by atoms with Gasteiger partial charge in [-0.1, -0.05) is 0 Å². The van der Waals surface area contributed by atoms with Crippen LogP contribution in [0.2, 0.25) is 0 Å². The summed E-state index contributed by atoms with van der Waals surface area (Å²) in [5, 5.41) is 3.02. The molecule has 1 aliphatic rings. The fraction of sp³-hybridized carbons (Fsp3) is 0.600. The Balaban J connectivity index is 2.31. The van der Waals surface area contributed by atoms with E-state index in [9.17, 15) is 13.2 Å². The summed E-state index contributed by atoms with van der Waals surface area (Å²) in [6, 6.07) is 0.567. The molecule has 1 fully saturated rings. The van der Waals surface area contributed by atoms with E-state index in [0.29, 0.717) is 25.5 Å². The van der Waals surface area contributed by atoms with Crippen LogP contribution in [-0.4, -0.2) is 29.7 Å². The Bertz CT molecular complexity index is 402. The third kappa shape index (κ3) is 2.92. The van der Waals surface area contributed by atoms with E-state index >= 15 is 0 Å². The Morgan fingerprint density at radius 1 is 1.41 bits per heavy atom. The molecule has 0 radical (unpaired) electrons. The predicted molar refractivity (Wildman–Crippen MR) is 53.3 cm³/mol. The van der Waals surface area contributed by atoms with Crippen LogP contribution in [-0.2, 0) is 10.9 Å². The molecule has 1 aromatic heterocycles. The van der Waals surface area contributed by atoms with Gasteiger partial charge in [-0.05, 0) is 13.0 Å². The number of nitrogens with one attached hydrogen (secondary N) is 1. The van der Waals surface area contributed by atoms with Crippen molar-refractivity contribution in [3.05, 3.63) is 23.3 Å². The molecule has 2 heterocycles. The second kappa shape index (κ2) is 4.58. The van der Waals surface area contributed by atoms with E-state index in [1.54, 1.807) is 0 Å². The summed E-state index contributed by atoms with van der Waals surface area (Å²) in [4.78, 5) is 7.57. The molecule has 94 valence electrons. The minimum Gasteiger partial charge on any atom is -0.378 e. The van der Waals surface area contributed by atoms with Crippen molar-refractivity contribution >= 4 is 0 Å². The lowest BCUT2D eigenvalue weighted by molar-refractivity contribution is -0.141. The average molecular weight is 247 g/mol. The monoisotopic (exact) mass is 247 g/mol. The second-order valence-electron chi connectivity index (χ2n) is 3.83. The summed E-state index contributed by atoms with van der Waals surface area (Å²) in [6.45, 7) is 2.95. The number of rotatable bonds is 1. The predicted octanol–water partition coefficient (Wildman–Crippen LogP) is 1.46. The minimum atomic E-state index is -4.45. The van der Waals surface area contributed by atoms with Gasteiger partial charge in [0.15, 0.2) is 0 Å². The molecule has 1 aromatic rings. The van der Waals surface area contributed by atoms with Crippen molar-refractivity contribution in [1.29, 1.82) is 0 Å². The number of aromatic nitrogens is 2. The second-order valence-corrected chi connectivity index (χ2v) is 3.83. The first-order valence-corrected chi connectivity index (χ1v) is 5.21. The van der Waals surface area contributed by atoms with E-state index < -0.39 is 11.9 Å². The zero-order valence-corrected chi connectivity index (χ0v) is 9.21. The molecular formula is C10H12F3N3O. The van der Waals surface area contributed by atoms with E-state index in [1.807, 2.05) is 0 Å². The van der Waals surface area contributed by atoms with Crippen LogP contribution >= 0.6 is 0 Å². The molecule has 7 heteroatoms. The number of ether oxygens (including phenoxy) is 1. The molecular weight excluding hydrogens is 235 g/mol. The summed E-state index contributed by atoms with van der Waals surface area (Å²) in [5.74, 6) is 0.136. The highest BCUT2D eigenvalue weighted by Gasteiger charge is 2.34. The molecule has 0 aromatic carbocycles. The number of hydrogen-bond donors (Lipinski definition) is 1. The molecule has 17 heavy (non-hydrogen) atoms. The van der Waals surface area contributed by atoms with Crippen molar-refractivity contribution in [2.75, 3.05) is 19.8 Å². The first kappa shape index (κ1) is 12.3. The van der Waals surface area contributed by atoms with Crippen molar-refractivity contribution in [2.24, 2.45) is 0 Å². The third-order valence-electron chi connectivity index (χ3n) is 2.40. The number of aryl methyl sites for hydroxylation is 1. The minimum absolute atomic E-state index is 0.136. The smallest absolute Gasteiger partial charge is 0.378 e. The zero-order chi connectivity index (χ0) is 12.5. The van der Waals surface area contributed by atoms with Gasteiger partial charge in [0.1, 0.15) is 11.5 Å². The lowest BCUT2D eigenvalue weighted by atomic mass is 10.2. The molecule has 0 saturated carbocycles. The number of nitrogens with zero attached hydrogens (tertiary/aromatic N) is 2. The molecule has 4 nitrogen and oxygen atoms in total. The normalized spacial score (nSPS) is 21.5. The maximum atomic E-state index is 12.6. The van der Waals surface area contributed by atoms with Crippen molar-refractivity contribution < 1.29 is 17.9 Å². The molecule has 1 aliphatic heterocycles. The van der Waals surface area contributed by atoms with E-state index in [-0.39, 0.29) is 11.9 Å². The lowest BCUT2D eigenvalue weighted by Gasteiger charge is -2.23. The van der Waals surface area contributed by atoms with Crippen LogP contribution in [0.1, 0.15) is 23.3 Å². The Kier molecular flexibility index (Phi) is 3.30. The average Bonchev–Trinajstić information content (AvgIpc) is 2.28. The number of halogens is 3. The van der Waals surface area contributed by atoms with Crippen LogP contribution in [0.3, 0.4) is 0 Å². The lowest BCUT2D eigenvalue weighted by Crippen LogP contribution is -2.36. The number of alkyl halides is 3. The summed E-state index contributed by atoms with van der Waals surface area (Å²) in [6.07, 6.45) is -4.45. The molecule has 0 spiro atoms. The third-order valence-corrected chi connectivity index (χ3v) is 2.40. The highest BCUT2D eigenvalue weighted by atomic mass is 19.4. The van der Waals surface area contributed by atoms with Gasteiger partial charge in [0, 0.05) is 12.2 Å². The number of hydrogen-bond acceptors (Lipinski definition) is 4. The van der Waals surface area contributed by atoms with E-state index in [2.05, 4.69) is 15.3 Å². The van der Waals surface area contributed by atoms with Gasteiger partial charge in [-0.15, -0.1) is 0 Å². The van der Waals surface area contributed by atoms with Crippen molar-refractivity contribution in [1.82, 2.24) is 15.3 Å². The van der Waals surface area contributed by atoms with Crippen LogP contribution < -0.4 is 5.32 Å². The maximum Gasteiger partial charge on any atom is 0.433 e. The fourth-order valence-electron chi connectivity index (χ4n) is 1.62. The van der Waals surface area contributed by atoms with Crippen LogP contribution in [0.25, 0.3) is 0 Å². The van der Waals surface area contributed by atoms with E-state index in [0.717, 1.165) is 6.07 Å². The molecule has 1 atom stereocenters. The Morgan fingerprint density at radius 3 is 2.76 bits per heavy atom. The first-order chi connectivity index (χ1) is 7.97. The molecule has 0 amide bonds. The van der Waals surface area contributed by atoms with Gasteiger partial charge in [-0.3, -0.25) is 0 Å². The van der Waals surface area contributed by atoms with Crippen LogP contribution in [0, 0.1) is 6.92 Å². The van der Waals surface area contributed by atoms with Gasteiger partial charge in [-0.25, -0.2) is 9.97 Å². The number of morpholine rings is 1. The molecule has 0 unspecified atom stereocenters.